The molecule has 2 rings (SSSR count). The van der Waals surface area contributed by atoms with Crippen LogP contribution in [0.2, 0.25) is 0 Å². The molecule has 0 radical (unpaired) electrons. The lowest BCUT2D eigenvalue weighted by atomic mass is 10.1. The van der Waals surface area contributed by atoms with Gasteiger partial charge >= 0.3 is 0 Å². The van der Waals surface area contributed by atoms with Crippen LogP contribution in [0.1, 0.15) is 32.1 Å². The Morgan fingerprint density at radius 1 is 1.31 bits per heavy atom. The second-order valence-electron chi connectivity index (χ2n) is 4.43. The molecule has 2 unspecified atom stereocenters. The van der Waals surface area contributed by atoms with Gasteiger partial charge in [0.15, 0.2) is 0 Å². The third kappa shape index (κ3) is 2.85. The van der Waals surface area contributed by atoms with Gasteiger partial charge in [-0.05, 0) is 18.9 Å². The van der Waals surface area contributed by atoms with Crippen LogP contribution in [0.4, 0.5) is 11.5 Å². The number of nitrogen functional groups attached to an aromatic ring is 1. The van der Waals surface area contributed by atoms with Crippen molar-refractivity contribution in [3.8, 4) is 0 Å². The van der Waals surface area contributed by atoms with E-state index in [4.69, 9.17) is 5.73 Å². The van der Waals surface area contributed by atoms with E-state index < -0.39 is 0 Å². The van der Waals surface area contributed by atoms with Crippen molar-refractivity contribution in [2.45, 2.75) is 44.2 Å². The molecule has 0 aliphatic heterocycles. The number of aromatic nitrogens is 1. The van der Waals surface area contributed by atoms with Crippen molar-refractivity contribution in [3.63, 3.8) is 0 Å². The van der Waals surface area contributed by atoms with Crippen LogP contribution in [-0.4, -0.2) is 22.2 Å². The van der Waals surface area contributed by atoms with Gasteiger partial charge < -0.3 is 16.2 Å². The van der Waals surface area contributed by atoms with E-state index in [2.05, 4.69) is 10.3 Å². The number of hydrogen-bond donors (Lipinski definition) is 3. The summed E-state index contributed by atoms with van der Waals surface area (Å²) >= 11 is 0. The first-order chi connectivity index (χ1) is 7.75. The molecule has 2 atom stereocenters. The Hall–Kier alpha value is -1.29. The zero-order valence-corrected chi connectivity index (χ0v) is 9.39. The molecule has 4 N–H and O–H groups in total. The van der Waals surface area contributed by atoms with Crippen LogP contribution >= 0.6 is 0 Å². The first kappa shape index (κ1) is 11.2. The van der Waals surface area contributed by atoms with Crippen molar-refractivity contribution < 1.29 is 5.11 Å². The Labute approximate surface area is 95.9 Å². The number of pyridine rings is 1. The highest BCUT2D eigenvalue weighted by Crippen LogP contribution is 2.21. The second kappa shape index (κ2) is 5.16. The molecule has 4 heteroatoms. The van der Waals surface area contributed by atoms with Crippen molar-refractivity contribution >= 4 is 11.5 Å². The molecule has 1 aromatic heterocycles. The largest absolute Gasteiger partial charge is 0.399 e. The normalized spacial score (nSPS) is 26.1. The minimum absolute atomic E-state index is 0.108. The van der Waals surface area contributed by atoms with Gasteiger partial charge in [-0.15, -0.1) is 0 Å². The van der Waals surface area contributed by atoms with E-state index in [-0.39, 0.29) is 12.1 Å². The lowest BCUT2D eigenvalue weighted by molar-refractivity contribution is 0.144. The van der Waals surface area contributed by atoms with E-state index in [0.29, 0.717) is 5.69 Å². The van der Waals surface area contributed by atoms with Gasteiger partial charge in [0.1, 0.15) is 5.82 Å². The van der Waals surface area contributed by atoms with Gasteiger partial charge in [-0.25, -0.2) is 4.98 Å². The third-order valence-corrected chi connectivity index (χ3v) is 3.10. The highest BCUT2D eigenvalue weighted by Gasteiger charge is 2.21. The maximum Gasteiger partial charge on any atom is 0.128 e. The molecule has 0 spiro atoms. The van der Waals surface area contributed by atoms with Gasteiger partial charge in [-0.1, -0.05) is 19.3 Å². The molecule has 0 saturated heterocycles. The van der Waals surface area contributed by atoms with E-state index in [1.54, 1.807) is 18.3 Å². The van der Waals surface area contributed by atoms with E-state index in [0.717, 1.165) is 31.5 Å². The predicted molar refractivity (Wildman–Crippen MR) is 65.2 cm³/mol. The van der Waals surface area contributed by atoms with Gasteiger partial charge in [0.25, 0.3) is 0 Å². The first-order valence-corrected chi connectivity index (χ1v) is 5.92. The van der Waals surface area contributed by atoms with Crippen LogP contribution in [0.5, 0.6) is 0 Å². The maximum absolute atomic E-state index is 9.96. The number of hydrogen-bond acceptors (Lipinski definition) is 4. The number of nitrogens with two attached hydrogens (primary N) is 1. The quantitative estimate of drug-likeness (QED) is 0.666. The van der Waals surface area contributed by atoms with Crippen molar-refractivity contribution in [1.29, 1.82) is 0 Å². The molecular weight excluding hydrogens is 202 g/mol. The predicted octanol–water partition coefficient (Wildman–Crippen LogP) is 1.77. The van der Waals surface area contributed by atoms with Crippen LogP contribution in [0, 0.1) is 0 Å². The number of aliphatic hydroxyl groups is 1. The molecule has 1 saturated carbocycles. The van der Waals surface area contributed by atoms with Gasteiger partial charge in [-0.2, -0.15) is 0 Å². The molecule has 1 aliphatic rings. The molecule has 16 heavy (non-hydrogen) atoms. The Balaban J connectivity index is 2.02. The number of aliphatic hydroxyl groups excluding tert-OH is 1. The smallest absolute Gasteiger partial charge is 0.128 e. The van der Waals surface area contributed by atoms with Crippen molar-refractivity contribution in [1.82, 2.24) is 4.98 Å². The average molecular weight is 221 g/mol. The summed E-state index contributed by atoms with van der Waals surface area (Å²) in [5, 5.41) is 13.2. The van der Waals surface area contributed by atoms with Crippen LogP contribution in [0.15, 0.2) is 18.3 Å². The zero-order chi connectivity index (χ0) is 11.4. The van der Waals surface area contributed by atoms with Crippen LogP contribution < -0.4 is 11.1 Å². The number of anilines is 2. The minimum Gasteiger partial charge on any atom is -0.399 e. The fraction of sp³-hybridized carbons (Fsp3) is 0.583. The minimum atomic E-state index is -0.272. The average Bonchev–Trinajstić information content (AvgIpc) is 2.45. The fourth-order valence-electron chi connectivity index (χ4n) is 2.17. The fourth-order valence-corrected chi connectivity index (χ4v) is 2.17. The van der Waals surface area contributed by atoms with E-state index in [9.17, 15) is 5.11 Å². The van der Waals surface area contributed by atoms with E-state index in [1.165, 1.54) is 6.42 Å². The number of rotatable bonds is 2. The summed E-state index contributed by atoms with van der Waals surface area (Å²) < 4.78 is 0. The lowest BCUT2D eigenvalue weighted by Gasteiger charge is -2.22. The Morgan fingerprint density at radius 2 is 2.12 bits per heavy atom. The lowest BCUT2D eigenvalue weighted by Crippen LogP contribution is -2.32. The highest BCUT2D eigenvalue weighted by atomic mass is 16.3. The Kier molecular flexibility index (Phi) is 3.62. The zero-order valence-electron chi connectivity index (χ0n) is 9.39. The van der Waals surface area contributed by atoms with Crippen LogP contribution in [-0.2, 0) is 0 Å². The molecule has 1 aliphatic carbocycles. The van der Waals surface area contributed by atoms with Crippen molar-refractivity contribution in [3.05, 3.63) is 18.3 Å². The number of nitrogens with zero attached hydrogens (tertiary/aromatic N) is 1. The SMILES string of the molecule is Nc1ccnc(NC2CCCCCC2O)c1. The maximum atomic E-state index is 9.96. The summed E-state index contributed by atoms with van der Waals surface area (Å²) in [7, 11) is 0. The molecule has 0 aromatic carbocycles. The van der Waals surface area contributed by atoms with Crippen molar-refractivity contribution in [2.75, 3.05) is 11.1 Å². The third-order valence-electron chi connectivity index (χ3n) is 3.10. The standard InChI is InChI=1S/C12H19N3O/c13-9-6-7-14-12(8-9)15-10-4-2-1-3-5-11(10)16/h6-8,10-11,16H,1-5H2,(H3,13,14,15). The van der Waals surface area contributed by atoms with E-state index >= 15 is 0 Å². The second-order valence-corrected chi connectivity index (χ2v) is 4.43. The first-order valence-electron chi connectivity index (χ1n) is 5.92. The Morgan fingerprint density at radius 3 is 2.94 bits per heavy atom. The summed E-state index contributed by atoms with van der Waals surface area (Å²) in [4.78, 5) is 4.20. The summed E-state index contributed by atoms with van der Waals surface area (Å²) in [6.45, 7) is 0. The van der Waals surface area contributed by atoms with Crippen LogP contribution in [0.25, 0.3) is 0 Å². The molecular formula is C12H19N3O. The molecule has 1 heterocycles. The van der Waals surface area contributed by atoms with E-state index in [1.807, 2.05) is 0 Å². The molecule has 1 fully saturated rings. The van der Waals surface area contributed by atoms with Crippen molar-refractivity contribution in [2.24, 2.45) is 0 Å². The summed E-state index contributed by atoms with van der Waals surface area (Å²) in [6, 6.07) is 3.67. The monoisotopic (exact) mass is 221 g/mol. The molecule has 0 bridgehead atoms. The highest BCUT2D eigenvalue weighted by molar-refractivity contribution is 5.48. The van der Waals surface area contributed by atoms with Crippen LogP contribution in [0.3, 0.4) is 0 Å². The summed E-state index contributed by atoms with van der Waals surface area (Å²) in [5.41, 5.74) is 6.38. The molecule has 4 nitrogen and oxygen atoms in total. The van der Waals surface area contributed by atoms with Gasteiger partial charge in [0.05, 0.1) is 12.1 Å². The summed E-state index contributed by atoms with van der Waals surface area (Å²) in [6.07, 6.45) is 6.77. The van der Waals surface area contributed by atoms with Gasteiger partial charge in [-0.3, -0.25) is 0 Å². The molecule has 0 amide bonds. The number of nitrogens with one attached hydrogen (secondary N) is 1. The topological polar surface area (TPSA) is 71.2 Å². The molecule has 1 aromatic rings. The Bertz CT molecular complexity index is 343. The summed E-state index contributed by atoms with van der Waals surface area (Å²) in [5.74, 6) is 0.756. The molecule has 88 valence electrons. The van der Waals surface area contributed by atoms with Gasteiger partial charge in [0.2, 0.25) is 0 Å². The van der Waals surface area contributed by atoms with Gasteiger partial charge in [0, 0.05) is 18.0 Å².